The largest absolute Gasteiger partial charge is 0.468 e. The molecular weight excluding hydrogens is 324 g/mol. The minimum absolute atomic E-state index is 0.0495. The maximum atomic E-state index is 13.6. The zero-order chi connectivity index (χ0) is 18.0. The molecule has 2 heterocycles. The Hall–Kier alpha value is -1.29. The molecule has 1 aromatic rings. The second-order valence-electron chi connectivity index (χ2n) is 10.6. The molecule has 5 aliphatic rings. The Balaban J connectivity index is 1.27. The monoisotopic (exact) mass is 356 g/mol. The van der Waals surface area contributed by atoms with Gasteiger partial charge >= 0.3 is 0 Å². The molecule has 4 saturated carbocycles. The minimum atomic E-state index is -0.0495. The third-order valence-electron chi connectivity index (χ3n) is 7.70. The van der Waals surface area contributed by atoms with Gasteiger partial charge in [-0.3, -0.25) is 9.69 Å². The predicted molar refractivity (Wildman–Crippen MR) is 100 cm³/mol. The van der Waals surface area contributed by atoms with E-state index in [-0.39, 0.29) is 5.41 Å². The molecule has 4 nitrogen and oxygen atoms in total. The zero-order valence-electron chi connectivity index (χ0n) is 16.3. The second-order valence-corrected chi connectivity index (χ2v) is 10.6. The van der Waals surface area contributed by atoms with Crippen LogP contribution >= 0.6 is 0 Å². The van der Waals surface area contributed by atoms with Gasteiger partial charge in [0, 0.05) is 26.2 Å². The van der Waals surface area contributed by atoms with Gasteiger partial charge in [0.1, 0.15) is 5.76 Å². The van der Waals surface area contributed by atoms with Crippen molar-refractivity contribution in [3.63, 3.8) is 0 Å². The average Bonchev–Trinajstić information content (AvgIpc) is 3.04. The van der Waals surface area contributed by atoms with Gasteiger partial charge in [-0.1, -0.05) is 13.8 Å². The Morgan fingerprint density at radius 2 is 1.77 bits per heavy atom. The Kier molecular flexibility index (Phi) is 3.63. The first-order valence-corrected chi connectivity index (χ1v) is 10.4. The second kappa shape index (κ2) is 5.60. The molecular formula is C22H32N2O2. The fraction of sp³-hybridized carbons (Fsp3) is 0.773. The summed E-state index contributed by atoms with van der Waals surface area (Å²) >= 11 is 0. The summed E-state index contributed by atoms with van der Waals surface area (Å²) in [6, 6.07) is 3.98. The third-order valence-corrected chi connectivity index (χ3v) is 7.70. The molecule has 4 aliphatic carbocycles. The summed E-state index contributed by atoms with van der Waals surface area (Å²) < 4.78 is 5.48. The lowest BCUT2D eigenvalue weighted by Gasteiger charge is -2.65. The van der Waals surface area contributed by atoms with Gasteiger partial charge in [-0.05, 0) is 67.4 Å². The highest BCUT2D eigenvalue weighted by Gasteiger charge is 2.63. The molecule has 1 aliphatic heterocycles. The summed E-state index contributed by atoms with van der Waals surface area (Å²) in [4.78, 5) is 18.2. The average molecular weight is 357 g/mol. The van der Waals surface area contributed by atoms with E-state index in [9.17, 15) is 4.79 Å². The number of furan rings is 1. The van der Waals surface area contributed by atoms with Crippen molar-refractivity contribution >= 4 is 5.91 Å². The van der Waals surface area contributed by atoms with Crippen molar-refractivity contribution in [2.75, 3.05) is 26.2 Å². The highest BCUT2D eigenvalue weighted by atomic mass is 16.3. The van der Waals surface area contributed by atoms with Crippen LogP contribution in [0.1, 0.15) is 58.1 Å². The fourth-order valence-corrected chi connectivity index (χ4v) is 7.75. The van der Waals surface area contributed by atoms with Crippen LogP contribution in [0.5, 0.6) is 0 Å². The van der Waals surface area contributed by atoms with Gasteiger partial charge in [0.05, 0.1) is 18.2 Å². The number of piperazine rings is 1. The molecule has 6 rings (SSSR count). The van der Waals surface area contributed by atoms with Gasteiger partial charge in [-0.2, -0.15) is 0 Å². The van der Waals surface area contributed by atoms with Crippen molar-refractivity contribution in [1.29, 1.82) is 0 Å². The van der Waals surface area contributed by atoms with Crippen LogP contribution in [-0.2, 0) is 11.3 Å². The van der Waals surface area contributed by atoms with Gasteiger partial charge in [0.2, 0.25) is 5.91 Å². The lowest BCUT2D eigenvalue weighted by atomic mass is 9.40. The van der Waals surface area contributed by atoms with Crippen molar-refractivity contribution < 1.29 is 9.21 Å². The Bertz CT molecular complexity index is 671. The molecule has 2 atom stereocenters. The molecule has 0 N–H and O–H groups in total. The van der Waals surface area contributed by atoms with Crippen LogP contribution in [0.2, 0.25) is 0 Å². The van der Waals surface area contributed by atoms with Crippen molar-refractivity contribution in [3.8, 4) is 0 Å². The van der Waals surface area contributed by atoms with E-state index in [4.69, 9.17) is 4.42 Å². The molecule has 142 valence electrons. The van der Waals surface area contributed by atoms with E-state index < -0.39 is 0 Å². The lowest BCUT2D eigenvalue weighted by Crippen LogP contribution is -2.62. The summed E-state index contributed by atoms with van der Waals surface area (Å²) in [6.45, 7) is 9.44. The van der Waals surface area contributed by atoms with E-state index in [0.717, 1.165) is 63.7 Å². The summed E-state index contributed by atoms with van der Waals surface area (Å²) in [5, 5.41) is 0. The van der Waals surface area contributed by atoms with Crippen LogP contribution in [0, 0.1) is 22.2 Å². The number of hydrogen-bond donors (Lipinski definition) is 0. The molecule has 1 amide bonds. The number of rotatable bonds is 3. The Morgan fingerprint density at radius 3 is 2.35 bits per heavy atom. The predicted octanol–water partition coefficient (Wildman–Crippen LogP) is 3.92. The lowest BCUT2D eigenvalue weighted by molar-refractivity contribution is -0.180. The maximum Gasteiger partial charge on any atom is 0.228 e. The first-order chi connectivity index (χ1) is 12.4. The van der Waals surface area contributed by atoms with E-state index in [2.05, 4.69) is 23.6 Å². The molecule has 4 bridgehead atoms. The van der Waals surface area contributed by atoms with Crippen LogP contribution in [-0.4, -0.2) is 41.9 Å². The standard InChI is InChI=1S/C22H32N2O2/c1-20-10-17-11-21(2,14-20)16-22(12-17,15-20)19(25)24-7-5-23(6-8-24)13-18-4-3-9-26-18/h3-4,9,17H,5-8,10-16H2,1-2H3/t17?,20-,21-,22?/m0/s1. The van der Waals surface area contributed by atoms with Crippen LogP contribution in [0.3, 0.4) is 0 Å². The van der Waals surface area contributed by atoms with E-state index in [1.165, 1.54) is 19.3 Å². The summed E-state index contributed by atoms with van der Waals surface area (Å²) in [5.74, 6) is 2.29. The van der Waals surface area contributed by atoms with Crippen molar-refractivity contribution in [2.45, 2.75) is 58.9 Å². The highest BCUT2D eigenvalue weighted by Crippen LogP contribution is 2.69. The number of amides is 1. The van der Waals surface area contributed by atoms with E-state index in [0.29, 0.717) is 16.7 Å². The molecule has 1 aromatic heterocycles. The van der Waals surface area contributed by atoms with Gasteiger partial charge in [-0.15, -0.1) is 0 Å². The third kappa shape index (κ3) is 2.72. The normalized spacial score (nSPS) is 42.4. The van der Waals surface area contributed by atoms with Gasteiger partial charge in [0.25, 0.3) is 0 Å². The van der Waals surface area contributed by atoms with Gasteiger partial charge in [-0.25, -0.2) is 0 Å². The molecule has 0 unspecified atom stereocenters. The minimum Gasteiger partial charge on any atom is -0.468 e. The first-order valence-electron chi connectivity index (χ1n) is 10.4. The molecule has 4 heteroatoms. The quantitative estimate of drug-likeness (QED) is 0.824. The highest BCUT2D eigenvalue weighted by molar-refractivity contribution is 5.83. The molecule has 0 radical (unpaired) electrons. The summed E-state index contributed by atoms with van der Waals surface area (Å²) in [6.07, 6.45) is 9.22. The molecule has 26 heavy (non-hydrogen) atoms. The van der Waals surface area contributed by atoms with Crippen LogP contribution in [0.25, 0.3) is 0 Å². The van der Waals surface area contributed by atoms with Gasteiger partial charge in [0.15, 0.2) is 0 Å². The molecule has 1 saturated heterocycles. The molecule has 0 spiro atoms. The Morgan fingerprint density at radius 1 is 1.08 bits per heavy atom. The number of hydrogen-bond acceptors (Lipinski definition) is 3. The fourth-order valence-electron chi connectivity index (χ4n) is 7.75. The van der Waals surface area contributed by atoms with E-state index >= 15 is 0 Å². The topological polar surface area (TPSA) is 36.7 Å². The van der Waals surface area contributed by atoms with E-state index in [1.807, 2.05) is 12.1 Å². The summed E-state index contributed by atoms with van der Waals surface area (Å²) in [7, 11) is 0. The molecule has 0 aromatic carbocycles. The van der Waals surface area contributed by atoms with E-state index in [1.54, 1.807) is 6.26 Å². The smallest absolute Gasteiger partial charge is 0.228 e. The Labute approximate surface area is 156 Å². The summed E-state index contributed by atoms with van der Waals surface area (Å²) in [5.41, 5.74) is 0.766. The molecule has 5 fully saturated rings. The van der Waals surface area contributed by atoms with Crippen LogP contribution < -0.4 is 0 Å². The maximum absolute atomic E-state index is 13.6. The number of carbonyl (C=O) groups excluding carboxylic acids is 1. The first kappa shape index (κ1) is 16.9. The zero-order valence-corrected chi connectivity index (χ0v) is 16.3. The van der Waals surface area contributed by atoms with Crippen molar-refractivity contribution in [2.24, 2.45) is 22.2 Å². The van der Waals surface area contributed by atoms with Crippen molar-refractivity contribution in [3.05, 3.63) is 24.2 Å². The van der Waals surface area contributed by atoms with Gasteiger partial charge < -0.3 is 9.32 Å². The van der Waals surface area contributed by atoms with Crippen LogP contribution in [0.4, 0.5) is 0 Å². The van der Waals surface area contributed by atoms with Crippen LogP contribution in [0.15, 0.2) is 22.8 Å². The SMILES string of the molecule is C[C@@]12CC3CC(C(=O)N4CCN(Cc5ccco5)CC4)(C1)C[C@@](C)(C3)C2. The number of nitrogens with zero attached hydrogens (tertiary/aromatic N) is 2. The van der Waals surface area contributed by atoms with Crippen molar-refractivity contribution in [1.82, 2.24) is 9.80 Å². The number of carbonyl (C=O) groups is 1.